The quantitative estimate of drug-likeness (QED) is 0.694. The summed E-state index contributed by atoms with van der Waals surface area (Å²) in [5, 5.41) is 0. The summed E-state index contributed by atoms with van der Waals surface area (Å²) in [7, 11) is 0. The molecule has 0 aliphatic heterocycles. The number of aromatic amines is 1. The Morgan fingerprint density at radius 2 is 2.31 bits per heavy atom. The average Bonchev–Trinajstić information content (AvgIpc) is 2.53. The molecule has 0 bridgehead atoms. The van der Waals surface area contributed by atoms with Crippen molar-refractivity contribution in [1.82, 2.24) is 19.9 Å². The Morgan fingerprint density at radius 1 is 1.46 bits per heavy atom. The van der Waals surface area contributed by atoms with Gasteiger partial charge in [-0.1, -0.05) is 0 Å². The number of nitrogens with one attached hydrogen (secondary N) is 1. The Labute approximate surface area is 82.7 Å². The highest BCUT2D eigenvalue weighted by molar-refractivity contribution is 7.71. The van der Waals surface area contributed by atoms with Gasteiger partial charge in [0.2, 0.25) is 10.7 Å². The minimum Gasteiger partial charge on any atom is -0.369 e. The molecule has 7 heteroatoms. The average molecular weight is 211 g/mol. The minimum atomic E-state index is 0.236. The molecule has 0 fully saturated rings. The summed E-state index contributed by atoms with van der Waals surface area (Å²) in [5.41, 5.74) is 7.19. The molecule has 0 saturated carbocycles. The van der Waals surface area contributed by atoms with Crippen molar-refractivity contribution < 1.29 is 0 Å². The van der Waals surface area contributed by atoms with Crippen LogP contribution in [0.3, 0.4) is 0 Å². The van der Waals surface area contributed by atoms with Crippen LogP contribution in [0.25, 0.3) is 10.7 Å². The van der Waals surface area contributed by atoms with Crippen LogP contribution >= 0.6 is 23.6 Å². The summed E-state index contributed by atoms with van der Waals surface area (Å²) in [5.74, 6) is 0.878. The SMILES string of the molecule is Nc1nc(=S)nc(-c2cncs2)[nH]1. The topological polar surface area (TPSA) is 80.5 Å². The van der Waals surface area contributed by atoms with Crippen LogP contribution in [-0.4, -0.2) is 19.9 Å². The molecule has 5 nitrogen and oxygen atoms in total. The number of anilines is 1. The second-order valence-corrected chi connectivity index (χ2v) is 3.48. The van der Waals surface area contributed by atoms with Crippen LogP contribution in [-0.2, 0) is 0 Å². The predicted molar refractivity (Wildman–Crippen MR) is 52.7 cm³/mol. The van der Waals surface area contributed by atoms with Gasteiger partial charge in [-0.05, 0) is 12.2 Å². The molecule has 66 valence electrons. The molecule has 0 aliphatic carbocycles. The number of nitrogen functional groups attached to an aromatic ring is 1. The lowest BCUT2D eigenvalue weighted by atomic mass is 10.5. The van der Waals surface area contributed by atoms with Crippen molar-refractivity contribution in [3.63, 3.8) is 0 Å². The largest absolute Gasteiger partial charge is 0.369 e. The number of aromatic nitrogens is 4. The highest BCUT2D eigenvalue weighted by atomic mass is 32.1. The first-order valence-corrected chi connectivity index (χ1v) is 4.67. The molecule has 0 amide bonds. The van der Waals surface area contributed by atoms with Gasteiger partial charge in [0, 0.05) is 6.20 Å². The van der Waals surface area contributed by atoms with E-state index in [1.165, 1.54) is 11.3 Å². The fraction of sp³-hybridized carbons (Fsp3) is 0. The van der Waals surface area contributed by atoms with Crippen LogP contribution in [0.15, 0.2) is 11.7 Å². The Bertz CT molecular complexity index is 460. The van der Waals surface area contributed by atoms with Gasteiger partial charge in [-0.3, -0.25) is 4.98 Å². The number of nitrogens with zero attached hydrogens (tertiary/aromatic N) is 3. The van der Waals surface area contributed by atoms with Gasteiger partial charge < -0.3 is 10.7 Å². The third kappa shape index (κ3) is 1.70. The maximum Gasteiger partial charge on any atom is 0.224 e. The van der Waals surface area contributed by atoms with E-state index in [2.05, 4.69) is 19.9 Å². The van der Waals surface area contributed by atoms with Crippen LogP contribution in [0.5, 0.6) is 0 Å². The van der Waals surface area contributed by atoms with Gasteiger partial charge in [0.05, 0.1) is 10.4 Å². The lowest BCUT2D eigenvalue weighted by Gasteiger charge is -1.96. The van der Waals surface area contributed by atoms with Crippen molar-refractivity contribution in [3.05, 3.63) is 16.5 Å². The molecule has 0 aromatic carbocycles. The van der Waals surface area contributed by atoms with Gasteiger partial charge in [0.25, 0.3) is 0 Å². The van der Waals surface area contributed by atoms with E-state index >= 15 is 0 Å². The summed E-state index contributed by atoms with van der Waals surface area (Å²) in [6.07, 6.45) is 1.69. The molecule has 2 heterocycles. The maximum absolute atomic E-state index is 5.48. The minimum absolute atomic E-state index is 0.236. The van der Waals surface area contributed by atoms with Crippen molar-refractivity contribution in [2.24, 2.45) is 0 Å². The van der Waals surface area contributed by atoms with E-state index in [0.717, 1.165) is 4.88 Å². The van der Waals surface area contributed by atoms with Gasteiger partial charge in [0.1, 0.15) is 0 Å². The van der Waals surface area contributed by atoms with Gasteiger partial charge in [-0.2, -0.15) is 9.97 Å². The molecule has 2 aromatic rings. The molecule has 3 N–H and O–H groups in total. The molecule has 0 aliphatic rings. The van der Waals surface area contributed by atoms with Crippen LogP contribution in [0, 0.1) is 4.77 Å². The standard InChI is InChI=1S/C6H5N5S2/c7-5-9-4(10-6(12)11-5)3-1-8-2-13-3/h1-2H,(H3,7,9,10,11,12). The monoisotopic (exact) mass is 211 g/mol. The van der Waals surface area contributed by atoms with Gasteiger partial charge in [-0.25, -0.2) is 0 Å². The van der Waals surface area contributed by atoms with Crippen LogP contribution < -0.4 is 5.73 Å². The Morgan fingerprint density at radius 3 is 2.92 bits per heavy atom. The van der Waals surface area contributed by atoms with E-state index in [0.29, 0.717) is 5.82 Å². The Kier molecular flexibility index (Phi) is 2.03. The first-order valence-electron chi connectivity index (χ1n) is 3.38. The molecular weight excluding hydrogens is 206 g/mol. The van der Waals surface area contributed by atoms with Gasteiger partial charge in [-0.15, -0.1) is 11.3 Å². The summed E-state index contributed by atoms with van der Waals surface area (Å²) in [6, 6.07) is 0. The first-order chi connectivity index (χ1) is 6.25. The molecule has 2 aromatic heterocycles. The van der Waals surface area contributed by atoms with Crippen molar-refractivity contribution in [1.29, 1.82) is 0 Å². The van der Waals surface area contributed by atoms with E-state index < -0.39 is 0 Å². The van der Waals surface area contributed by atoms with Gasteiger partial charge in [0.15, 0.2) is 5.82 Å². The fourth-order valence-corrected chi connectivity index (χ4v) is 1.61. The normalized spacial score (nSPS) is 10.2. The van der Waals surface area contributed by atoms with Crippen LogP contribution in [0.2, 0.25) is 0 Å². The number of thiazole rings is 1. The molecule has 13 heavy (non-hydrogen) atoms. The van der Waals surface area contributed by atoms with E-state index in [9.17, 15) is 0 Å². The van der Waals surface area contributed by atoms with Crippen LogP contribution in [0.4, 0.5) is 5.95 Å². The van der Waals surface area contributed by atoms with Crippen molar-refractivity contribution in [3.8, 4) is 10.7 Å². The molecule has 0 saturated heterocycles. The van der Waals surface area contributed by atoms with E-state index in [1.54, 1.807) is 11.7 Å². The summed E-state index contributed by atoms with van der Waals surface area (Å²) in [6.45, 7) is 0. The van der Waals surface area contributed by atoms with E-state index in [1.807, 2.05) is 0 Å². The lowest BCUT2D eigenvalue weighted by molar-refractivity contribution is 1.05. The third-order valence-corrected chi connectivity index (χ3v) is 2.30. The number of nitrogens with two attached hydrogens (primary N) is 1. The summed E-state index contributed by atoms with van der Waals surface area (Å²) >= 11 is 6.28. The zero-order valence-electron chi connectivity index (χ0n) is 6.39. The van der Waals surface area contributed by atoms with E-state index in [4.69, 9.17) is 18.0 Å². The zero-order chi connectivity index (χ0) is 9.26. The zero-order valence-corrected chi connectivity index (χ0v) is 8.02. The molecule has 0 radical (unpaired) electrons. The Hall–Kier alpha value is -1.34. The first kappa shape index (κ1) is 8.27. The molecule has 0 unspecified atom stereocenters. The molecule has 0 atom stereocenters. The number of H-pyrrole nitrogens is 1. The van der Waals surface area contributed by atoms with Crippen molar-refractivity contribution >= 4 is 29.5 Å². The van der Waals surface area contributed by atoms with Crippen molar-refractivity contribution in [2.45, 2.75) is 0 Å². The summed E-state index contributed by atoms with van der Waals surface area (Å²) < 4.78 is 0.236. The molecule has 2 rings (SSSR count). The smallest absolute Gasteiger partial charge is 0.224 e. The Balaban J connectivity index is 2.59. The van der Waals surface area contributed by atoms with Crippen molar-refractivity contribution in [2.75, 3.05) is 5.73 Å². The molecule has 0 spiro atoms. The predicted octanol–water partition coefficient (Wildman–Crippen LogP) is 1.24. The number of hydrogen-bond donors (Lipinski definition) is 2. The summed E-state index contributed by atoms with van der Waals surface area (Å²) in [4.78, 5) is 15.4. The van der Waals surface area contributed by atoms with Crippen LogP contribution in [0.1, 0.15) is 0 Å². The second-order valence-electron chi connectivity index (χ2n) is 2.23. The lowest BCUT2D eigenvalue weighted by Crippen LogP contribution is -1.98. The van der Waals surface area contributed by atoms with Gasteiger partial charge >= 0.3 is 0 Å². The number of hydrogen-bond acceptors (Lipinski definition) is 6. The second kappa shape index (κ2) is 3.19. The highest BCUT2D eigenvalue weighted by Crippen LogP contribution is 2.18. The maximum atomic E-state index is 5.48. The third-order valence-electron chi connectivity index (χ3n) is 1.34. The van der Waals surface area contributed by atoms with E-state index in [-0.39, 0.29) is 10.7 Å². The number of rotatable bonds is 1. The fourth-order valence-electron chi connectivity index (χ4n) is 0.850. The highest BCUT2D eigenvalue weighted by Gasteiger charge is 2.02. The molecular formula is C6H5N5S2.